The molecule has 66 heavy (non-hydrogen) atoms. The summed E-state index contributed by atoms with van der Waals surface area (Å²) in [6.45, 7) is 23.5. The van der Waals surface area contributed by atoms with Gasteiger partial charge < -0.3 is 9.80 Å². The molecule has 0 aromatic heterocycles. The number of aryl methyl sites for hydroxylation is 1. The first-order valence-electron chi connectivity index (χ1n) is 26.0. The van der Waals surface area contributed by atoms with Gasteiger partial charge in [-0.2, -0.15) is 0 Å². The van der Waals surface area contributed by atoms with Crippen LogP contribution in [0.4, 0.5) is 34.1 Å². The van der Waals surface area contributed by atoms with Crippen molar-refractivity contribution in [2.24, 2.45) is 0 Å². The molecule has 0 unspecified atom stereocenters. The Balaban J connectivity index is 1.29. The standard InChI is InChI=1S/C63H67BN2/c1-40-33-56-58-57(34-40)66(53-28-24-44(59(2,3)4)36-46(53)42-21-17-14-18-22-42)55-39-50-49(62(9,10)31-32-63(50,11)12)38-52(55)64(58)51-27-23-43(41-19-15-13-16-20-41)35-54(51)65(56)45-25-26-47-48(37-45)61(7,8)30-29-60(47,5)6/h13-28,33-39H,29-32H2,1-12H3/i1D3. The fourth-order valence-electron chi connectivity index (χ4n) is 12.2. The summed E-state index contributed by atoms with van der Waals surface area (Å²) in [4.78, 5) is 4.90. The van der Waals surface area contributed by atoms with E-state index >= 15 is 0 Å². The van der Waals surface area contributed by atoms with Gasteiger partial charge >= 0.3 is 0 Å². The van der Waals surface area contributed by atoms with Gasteiger partial charge in [0.25, 0.3) is 6.71 Å². The number of benzene rings is 7. The van der Waals surface area contributed by atoms with E-state index in [-0.39, 0.29) is 33.8 Å². The zero-order valence-corrected chi connectivity index (χ0v) is 41.1. The number of hydrogen-bond acceptors (Lipinski definition) is 2. The Morgan fingerprint density at radius 1 is 0.455 bits per heavy atom. The Hall–Kier alpha value is -5.80. The summed E-state index contributed by atoms with van der Waals surface area (Å²) >= 11 is 0. The second-order valence-electron chi connectivity index (χ2n) is 23.7. The molecule has 2 heterocycles. The molecule has 0 amide bonds. The molecule has 4 aliphatic rings. The molecule has 3 heteroatoms. The van der Waals surface area contributed by atoms with Crippen molar-refractivity contribution in [2.75, 3.05) is 9.80 Å². The van der Waals surface area contributed by atoms with Crippen molar-refractivity contribution in [3.05, 3.63) is 173 Å². The fraction of sp³-hybridized carbons (Fsp3) is 0.333. The van der Waals surface area contributed by atoms with E-state index < -0.39 is 6.85 Å². The van der Waals surface area contributed by atoms with Crippen LogP contribution in [0.2, 0.25) is 0 Å². The van der Waals surface area contributed by atoms with Gasteiger partial charge in [-0.1, -0.05) is 167 Å². The summed E-state index contributed by atoms with van der Waals surface area (Å²) < 4.78 is 27.7. The van der Waals surface area contributed by atoms with Crippen LogP contribution >= 0.6 is 0 Å². The van der Waals surface area contributed by atoms with Gasteiger partial charge in [0.15, 0.2) is 0 Å². The Bertz CT molecular complexity index is 3210. The molecule has 7 aromatic rings. The van der Waals surface area contributed by atoms with Gasteiger partial charge in [0.1, 0.15) is 0 Å². The lowest BCUT2D eigenvalue weighted by Crippen LogP contribution is -2.62. The molecule has 11 rings (SSSR count). The first-order chi connectivity index (χ1) is 32.4. The van der Waals surface area contributed by atoms with Gasteiger partial charge in [-0.25, -0.2) is 0 Å². The number of rotatable bonds is 4. The molecule has 2 nitrogen and oxygen atoms in total. The predicted molar refractivity (Wildman–Crippen MR) is 285 cm³/mol. The minimum atomic E-state index is -2.38. The quantitative estimate of drug-likeness (QED) is 0.163. The smallest absolute Gasteiger partial charge is 0.252 e. The SMILES string of the molecule is [2H]C([2H])([2H])c1cc2c3c(c1)N(c1ccc(C(C)(C)C)cc1-c1ccccc1)c1cc4c(cc1B3c1ccc(-c3ccccc3)cc1N2c1ccc2c(c1)C(C)(C)CCC2(C)C)C(C)(C)CCC4(C)C. The first kappa shape index (κ1) is 39.4. The van der Waals surface area contributed by atoms with Crippen LogP contribution in [0.1, 0.15) is 139 Å². The van der Waals surface area contributed by atoms with Crippen LogP contribution < -0.4 is 26.2 Å². The Morgan fingerprint density at radius 2 is 1.02 bits per heavy atom. The van der Waals surface area contributed by atoms with Crippen LogP contribution in [0.15, 0.2) is 140 Å². The second kappa shape index (κ2) is 14.6. The molecule has 0 fully saturated rings. The van der Waals surface area contributed by atoms with Gasteiger partial charge in [0.05, 0.1) is 5.69 Å². The van der Waals surface area contributed by atoms with Crippen LogP contribution in [0.25, 0.3) is 22.3 Å². The van der Waals surface area contributed by atoms with Crippen LogP contribution in [0.5, 0.6) is 0 Å². The van der Waals surface area contributed by atoms with E-state index in [0.717, 1.165) is 87.5 Å². The third-order valence-corrected chi connectivity index (χ3v) is 16.4. The minimum Gasteiger partial charge on any atom is -0.311 e. The molecule has 0 bridgehead atoms. The molecule has 7 aromatic carbocycles. The third kappa shape index (κ3) is 6.65. The summed E-state index contributed by atoms with van der Waals surface area (Å²) in [7, 11) is 0. The molecule has 0 saturated carbocycles. The van der Waals surface area contributed by atoms with Crippen LogP contribution in [0.3, 0.4) is 0 Å². The van der Waals surface area contributed by atoms with Crippen molar-refractivity contribution in [1.82, 2.24) is 0 Å². The molecule has 0 N–H and O–H groups in total. The Morgan fingerprint density at radius 3 is 1.64 bits per heavy atom. The largest absolute Gasteiger partial charge is 0.311 e. The van der Waals surface area contributed by atoms with E-state index in [0.29, 0.717) is 5.56 Å². The second-order valence-corrected chi connectivity index (χ2v) is 23.7. The number of hydrogen-bond donors (Lipinski definition) is 0. The lowest BCUT2D eigenvalue weighted by Gasteiger charge is -2.48. The average Bonchev–Trinajstić information content (AvgIpc) is 3.31. The molecule has 332 valence electrons. The van der Waals surface area contributed by atoms with E-state index in [2.05, 4.69) is 213 Å². The van der Waals surface area contributed by atoms with Crippen molar-refractivity contribution in [1.29, 1.82) is 0 Å². The van der Waals surface area contributed by atoms with Gasteiger partial charge in [-0.05, 0) is 175 Å². The zero-order valence-electron chi connectivity index (χ0n) is 44.1. The van der Waals surface area contributed by atoms with E-state index in [1.165, 1.54) is 38.7 Å². The maximum absolute atomic E-state index is 9.22. The van der Waals surface area contributed by atoms with Gasteiger partial charge in [0, 0.05) is 38.1 Å². The lowest BCUT2D eigenvalue weighted by atomic mass is 9.33. The minimum absolute atomic E-state index is 0.0314. The molecule has 0 radical (unpaired) electrons. The number of anilines is 6. The fourth-order valence-corrected chi connectivity index (χ4v) is 12.2. The molecule has 0 spiro atoms. The topological polar surface area (TPSA) is 6.48 Å². The van der Waals surface area contributed by atoms with Crippen molar-refractivity contribution in [2.45, 2.75) is 136 Å². The van der Waals surface area contributed by atoms with E-state index in [9.17, 15) is 4.11 Å². The van der Waals surface area contributed by atoms with Crippen molar-refractivity contribution < 1.29 is 4.11 Å². The molecule has 2 aliphatic carbocycles. The number of fused-ring (bicyclic) bond motifs is 6. The Labute approximate surface area is 400 Å². The highest BCUT2D eigenvalue weighted by molar-refractivity contribution is 7.00. The molecule has 0 atom stereocenters. The van der Waals surface area contributed by atoms with Gasteiger partial charge in [-0.15, -0.1) is 0 Å². The molecular formula is C63H67BN2. The highest BCUT2D eigenvalue weighted by Crippen LogP contribution is 2.53. The summed E-state index contributed by atoms with van der Waals surface area (Å²) in [5.74, 6) is 0. The maximum Gasteiger partial charge on any atom is 0.252 e. The summed E-state index contributed by atoms with van der Waals surface area (Å²) in [6.07, 6.45) is 4.41. The van der Waals surface area contributed by atoms with Gasteiger partial charge in [0.2, 0.25) is 0 Å². The lowest BCUT2D eigenvalue weighted by molar-refractivity contribution is 0.332. The molecule has 0 saturated heterocycles. The highest BCUT2D eigenvalue weighted by atomic mass is 15.2. The average molecular weight is 866 g/mol. The van der Waals surface area contributed by atoms with E-state index in [1.807, 2.05) is 12.1 Å². The van der Waals surface area contributed by atoms with Gasteiger partial charge in [-0.3, -0.25) is 0 Å². The molecular weight excluding hydrogens is 796 g/mol. The van der Waals surface area contributed by atoms with Crippen LogP contribution in [0, 0.1) is 6.85 Å². The van der Waals surface area contributed by atoms with E-state index in [4.69, 9.17) is 0 Å². The normalized spacial score (nSPS) is 19.0. The summed E-state index contributed by atoms with van der Waals surface area (Å²) in [6, 6.07) is 51.7. The predicted octanol–water partition coefficient (Wildman–Crippen LogP) is 15.4. The summed E-state index contributed by atoms with van der Waals surface area (Å²) in [5.41, 5.74) is 21.3. The first-order valence-corrected chi connectivity index (χ1v) is 24.5. The zero-order chi connectivity index (χ0) is 48.8. The molecule has 2 aliphatic heterocycles. The third-order valence-electron chi connectivity index (χ3n) is 16.4. The van der Waals surface area contributed by atoms with Crippen LogP contribution in [-0.4, -0.2) is 6.71 Å². The van der Waals surface area contributed by atoms with Crippen molar-refractivity contribution in [3.8, 4) is 22.3 Å². The Kier molecular flexibility index (Phi) is 8.71. The van der Waals surface area contributed by atoms with Crippen molar-refractivity contribution >= 4 is 57.2 Å². The summed E-state index contributed by atoms with van der Waals surface area (Å²) in [5, 5.41) is 0. The monoisotopic (exact) mass is 866 g/mol. The maximum atomic E-state index is 9.22. The van der Waals surface area contributed by atoms with E-state index in [1.54, 1.807) is 0 Å². The van der Waals surface area contributed by atoms with Crippen molar-refractivity contribution in [3.63, 3.8) is 0 Å². The highest BCUT2D eigenvalue weighted by Gasteiger charge is 2.47. The van der Waals surface area contributed by atoms with Crippen LogP contribution in [-0.2, 0) is 27.1 Å². The number of nitrogens with zero attached hydrogens (tertiary/aromatic N) is 2.